The van der Waals surface area contributed by atoms with Crippen LogP contribution in [0.1, 0.15) is 48.5 Å². The topological polar surface area (TPSA) is 66.5 Å². The number of benzene rings is 2. The molecule has 5 nitrogen and oxygen atoms in total. The molecular weight excluding hydrogens is 477 g/mol. The Labute approximate surface area is 197 Å². The minimum atomic E-state index is -4.57. The maximum Gasteiger partial charge on any atom is 0.416 e. The number of alkyl halides is 3. The van der Waals surface area contributed by atoms with Gasteiger partial charge in [-0.25, -0.2) is 8.42 Å². The van der Waals surface area contributed by atoms with Gasteiger partial charge in [0.15, 0.2) is 0 Å². The molecule has 1 N–H and O–H groups in total. The number of halogens is 4. The Morgan fingerprint density at radius 1 is 1.09 bits per heavy atom. The lowest BCUT2D eigenvalue weighted by Gasteiger charge is -2.32. The van der Waals surface area contributed by atoms with Crippen LogP contribution in [-0.4, -0.2) is 37.8 Å². The van der Waals surface area contributed by atoms with Crippen LogP contribution in [0.4, 0.5) is 13.2 Å². The SMILES string of the molecule is CCN(CC1CCC(NC(=O)c2cc(C(F)(F)F)ccc2Cl)CC1)S(=O)(=O)c1ccccc1. The number of hydrogen-bond acceptors (Lipinski definition) is 3. The molecule has 1 saturated carbocycles. The number of carbonyl (C=O) groups is 1. The zero-order valence-electron chi connectivity index (χ0n) is 18.1. The van der Waals surface area contributed by atoms with Crippen LogP contribution in [0.3, 0.4) is 0 Å². The molecule has 1 amide bonds. The van der Waals surface area contributed by atoms with Crippen LogP contribution in [0.2, 0.25) is 5.02 Å². The van der Waals surface area contributed by atoms with E-state index in [2.05, 4.69) is 5.32 Å². The minimum Gasteiger partial charge on any atom is -0.349 e. The van der Waals surface area contributed by atoms with Crippen LogP contribution in [0, 0.1) is 5.92 Å². The third-order valence-corrected chi connectivity index (χ3v) is 8.20. The lowest BCUT2D eigenvalue weighted by molar-refractivity contribution is -0.137. The Bertz CT molecular complexity index is 1070. The van der Waals surface area contributed by atoms with Crippen molar-refractivity contribution in [3.8, 4) is 0 Å². The van der Waals surface area contributed by atoms with Crippen molar-refractivity contribution < 1.29 is 26.4 Å². The molecule has 0 unspecified atom stereocenters. The smallest absolute Gasteiger partial charge is 0.349 e. The van der Waals surface area contributed by atoms with Crippen molar-refractivity contribution in [2.24, 2.45) is 5.92 Å². The second kappa shape index (κ2) is 10.4. The Morgan fingerprint density at radius 3 is 2.30 bits per heavy atom. The number of nitrogens with zero attached hydrogens (tertiary/aromatic N) is 1. The molecule has 0 aliphatic heterocycles. The highest BCUT2D eigenvalue weighted by Crippen LogP contribution is 2.32. The van der Waals surface area contributed by atoms with E-state index in [-0.39, 0.29) is 27.4 Å². The largest absolute Gasteiger partial charge is 0.416 e. The first-order valence-corrected chi connectivity index (χ1v) is 12.6. The number of sulfonamides is 1. The van der Waals surface area contributed by atoms with Gasteiger partial charge in [-0.1, -0.05) is 36.7 Å². The first-order chi connectivity index (χ1) is 15.5. The molecule has 0 spiro atoms. The molecule has 0 radical (unpaired) electrons. The first-order valence-electron chi connectivity index (χ1n) is 10.7. The van der Waals surface area contributed by atoms with Gasteiger partial charge in [0.1, 0.15) is 0 Å². The van der Waals surface area contributed by atoms with Gasteiger partial charge >= 0.3 is 6.18 Å². The molecule has 2 aromatic rings. The zero-order valence-corrected chi connectivity index (χ0v) is 19.7. The molecule has 0 heterocycles. The second-order valence-corrected chi connectivity index (χ2v) is 10.5. The van der Waals surface area contributed by atoms with Gasteiger partial charge in [-0.05, 0) is 61.9 Å². The van der Waals surface area contributed by atoms with Gasteiger partial charge in [-0.15, -0.1) is 0 Å². The minimum absolute atomic E-state index is 0.0427. The van der Waals surface area contributed by atoms with Crippen molar-refractivity contribution in [1.82, 2.24) is 9.62 Å². The molecule has 1 aliphatic rings. The highest BCUT2D eigenvalue weighted by atomic mass is 35.5. The van der Waals surface area contributed by atoms with Gasteiger partial charge in [0.2, 0.25) is 10.0 Å². The fourth-order valence-electron chi connectivity index (χ4n) is 4.05. The summed E-state index contributed by atoms with van der Waals surface area (Å²) in [6.07, 6.45) is -1.96. The Kier molecular flexibility index (Phi) is 8.08. The monoisotopic (exact) mass is 502 g/mol. The van der Waals surface area contributed by atoms with E-state index in [1.807, 2.05) is 0 Å². The Hall–Kier alpha value is -2.10. The standard InChI is InChI=1S/C23H26ClF3N2O3S/c1-2-29(33(31,32)19-6-4-3-5-7-19)15-16-8-11-18(12-9-16)28-22(30)20-14-17(23(25,26)27)10-13-21(20)24/h3-7,10,13-14,16,18H,2,8-9,11-12,15H2,1H3,(H,28,30). The second-order valence-electron chi connectivity index (χ2n) is 8.15. The summed E-state index contributed by atoms with van der Waals surface area (Å²) in [6, 6.07) is 10.7. The molecule has 10 heteroatoms. The molecule has 0 aromatic heterocycles. The predicted molar refractivity (Wildman–Crippen MR) is 121 cm³/mol. The average Bonchev–Trinajstić information content (AvgIpc) is 2.78. The van der Waals surface area contributed by atoms with E-state index in [1.165, 1.54) is 4.31 Å². The molecule has 180 valence electrons. The van der Waals surface area contributed by atoms with Gasteiger partial charge < -0.3 is 5.32 Å². The van der Waals surface area contributed by atoms with E-state index in [0.717, 1.165) is 18.2 Å². The van der Waals surface area contributed by atoms with Crippen molar-refractivity contribution >= 4 is 27.5 Å². The van der Waals surface area contributed by atoms with Crippen LogP contribution in [0.5, 0.6) is 0 Å². The summed E-state index contributed by atoms with van der Waals surface area (Å²) in [4.78, 5) is 12.8. The Morgan fingerprint density at radius 2 is 1.73 bits per heavy atom. The number of hydrogen-bond donors (Lipinski definition) is 1. The van der Waals surface area contributed by atoms with Crippen LogP contribution in [0.25, 0.3) is 0 Å². The van der Waals surface area contributed by atoms with Crippen molar-refractivity contribution in [3.05, 3.63) is 64.7 Å². The summed E-state index contributed by atoms with van der Waals surface area (Å²) in [5.74, 6) is -0.509. The van der Waals surface area contributed by atoms with Crippen LogP contribution in [-0.2, 0) is 16.2 Å². The van der Waals surface area contributed by atoms with Gasteiger partial charge in [-0.2, -0.15) is 17.5 Å². The molecule has 0 bridgehead atoms. The van der Waals surface area contributed by atoms with E-state index in [4.69, 9.17) is 11.6 Å². The summed E-state index contributed by atoms with van der Waals surface area (Å²) in [7, 11) is -3.58. The molecule has 33 heavy (non-hydrogen) atoms. The van der Waals surface area contributed by atoms with Gasteiger partial charge in [-0.3, -0.25) is 4.79 Å². The molecular formula is C23H26ClF3N2O3S. The molecule has 1 aliphatic carbocycles. The highest BCUT2D eigenvalue weighted by molar-refractivity contribution is 7.89. The van der Waals surface area contributed by atoms with Crippen molar-refractivity contribution in [2.45, 2.75) is 49.7 Å². The fourth-order valence-corrected chi connectivity index (χ4v) is 5.80. The quantitative estimate of drug-likeness (QED) is 0.554. The predicted octanol–water partition coefficient (Wildman–Crippen LogP) is 5.36. The van der Waals surface area contributed by atoms with Crippen LogP contribution in [0.15, 0.2) is 53.4 Å². The number of carbonyl (C=O) groups excluding carboxylic acids is 1. The van der Waals surface area contributed by atoms with Crippen molar-refractivity contribution in [1.29, 1.82) is 0 Å². The highest BCUT2D eigenvalue weighted by Gasteiger charge is 2.33. The Balaban J connectivity index is 1.58. The fraction of sp³-hybridized carbons (Fsp3) is 0.435. The third-order valence-electron chi connectivity index (χ3n) is 5.92. The maximum atomic E-state index is 13.0. The number of nitrogens with one attached hydrogen (secondary N) is 1. The zero-order chi connectivity index (χ0) is 24.2. The normalized spacial score (nSPS) is 19.5. The lowest BCUT2D eigenvalue weighted by Crippen LogP contribution is -2.41. The molecule has 2 aromatic carbocycles. The average molecular weight is 503 g/mol. The van der Waals surface area contributed by atoms with Crippen LogP contribution < -0.4 is 5.32 Å². The van der Waals surface area contributed by atoms with E-state index in [9.17, 15) is 26.4 Å². The first kappa shape index (κ1) is 25.5. The maximum absolute atomic E-state index is 13.0. The van der Waals surface area contributed by atoms with Gasteiger partial charge in [0, 0.05) is 19.1 Å². The van der Waals surface area contributed by atoms with E-state index < -0.39 is 27.7 Å². The number of amides is 1. The third kappa shape index (κ3) is 6.28. The molecule has 1 fully saturated rings. The summed E-state index contributed by atoms with van der Waals surface area (Å²) in [5.41, 5.74) is -1.14. The molecule has 0 atom stereocenters. The van der Waals surface area contributed by atoms with Gasteiger partial charge in [0.05, 0.1) is 21.0 Å². The van der Waals surface area contributed by atoms with Crippen molar-refractivity contribution in [3.63, 3.8) is 0 Å². The number of rotatable bonds is 7. The molecule has 3 rings (SSSR count). The van der Waals surface area contributed by atoms with E-state index in [1.54, 1.807) is 37.3 Å². The summed E-state index contributed by atoms with van der Waals surface area (Å²) in [5, 5.41) is 2.73. The summed E-state index contributed by atoms with van der Waals surface area (Å²) >= 11 is 5.96. The van der Waals surface area contributed by atoms with E-state index in [0.29, 0.717) is 38.8 Å². The summed E-state index contributed by atoms with van der Waals surface area (Å²) in [6.45, 7) is 2.53. The molecule has 0 saturated heterocycles. The van der Waals surface area contributed by atoms with Crippen molar-refractivity contribution in [2.75, 3.05) is 13.1 Å². The van der Waals surface area contributed by atoms with Gasteiger partial charge in [0.25, 0.3) is 5.91 Å². The summed E-state index contributed by atoms with van der Waals surface area (Å²) < 4.78 is 66.2. The van der Waals surface area contributed by atoms with E-state index >= 15 is 0 Å². The lowest BCUT2D eigenvalue weighted by atomic mass is 9.86. The van der Waals surface area contributed by atoms with Crippen LogP contribution >= 0.6 is 11.6 Å².